The number of halogens is 2. The SMILES string of the molecule is CCOC(=O)C1=C(c2ccccc2)N=c2s/c(=C\c3cc4c(cc3Br)OCO4)c(=O)n2[C@@H]1c1ccc(Cl)cc1. The highest BCUT2D eigenvalue weighted by Crippen LogP contribution is 2.38. The van der Waals surface area contributed by atoms with Crippen LogP contribution in [0.3, 0.4) is 0 Å². The van der Waals surface area contributed by atoms with Gasteiger partial charge in [0, 0.05) is 15.1 Å². The molecule has 3 heterocycles. The maximum atomic E-state index is 14.0. The van der Waals surface area contributed by atoms with Gasteiger partial charge < -0.3 is 14.2 Å². The molecule has 196 valence electrons. The highest BCUT2D eigenvalue weighted by Gasteiger charge is 2.35. The van der Waals surface area contributed by atoms with Crippen molar-refractivity contribution in [3.8, 4) is 11.5 Å². The fourth-order valence-electron chi connectivity index (χ4n) is 4.59. The van der Waals surface area contributed by atoms with E-state index in [9.17, 15) is 9.59 Å². The second kappa shape index (κ2) is 10.5. The van der Waals surface area contributed by atoms with Crippen molar-refractivity contribution < 1.29 is 19.0 Å². The molecule has 2 aliphatic rings. The van der Waals surface area contributed by atoms with Gasteiger partial charge in [0.2, 0.25) is 6.79 Å². The monoisotopic (exact) mass is 622 g/mol. The van der Waals surface area contributed by atoms with Crippen LogP contribution in [-0.2, 0) is 9.53 Å². The number of aromatic nitrogens is 1. The lowest BCUT2D eigenvalue weighted by Gasteiger charge is -2.25. The number of carbonyl (C=O) groups excluding carboxylic acids is 1. The first kappa shape index (κ1) is 25.6. The highest BCUT2D eigenvalue weighted by atomic mass is 79.9. The van der Waals surface area contributed by atoms with E-state index in [-0.39, 0.29) is 24.5 Å². The Morgan fingerprint density at radius 1 is 1.15 bits per heavy atom. The molecular weight excluding hydrogens is 604 g/mol. The van der Waals surface area contributed by atoms with E-state index in [0.717, 1.165) is 15.6 Å². The van der Waals surface area contributed by atoms with E-state index in [1.807, 2.05) is 54.6 Å². The van der Waals surface area contributed by atoms with E-state index in [2.05, 4.69) is 15.9 Å². The Balaban J connectivity index is 1.63. The molecule has 0 unspecified atom stereocenters. The van der Waals surface area contributed by atoms with Gasteiger partial charge in [0.15, 0.2) is 16.3 Å². The van der Waals surface area contributed by atoms with Crippen LogP contribution in [0.5, 0.6) is 11.5 Å². The predicted molar refractivity (Wildman–Crippen MR) is 153 cm³/mol. The molecule has 1 aromatic heterocycles. The van der Waals surface area contributed by atoms with Gasteiger partial charge in [-0.25, -0.2) is 9.79 Å². The number of hydrogen-bond acceptors (Lipinski definition) is 7. The number of hydrogen-bond donors (Lipinski definition) is 0. The molecule has 6 rings (SSSR count). The maximum Gasteiger partial charge on any atom is 0.338 e. The fraction of sp³-hybridized carbons (Fsp3) is 0.138. The lowest BCUT2D eigenvalue weighted by molar-refractivity contribution is -0.138. The Bertz CT molecular complexity index is 1810. The predicted octanol–water partition coefficient (Wildman–Crippen LogP) is 5.08. The fourth-order valence-corrected chi connectivity index (χ4v) is 6.14. The average Bonchev–Trinajstić information content (AvgIpc) is 3.52. The molecule has 0 amide bonds. The Kier molecular flexibility index (Phi) is 6.88. The van der Waals surface area contributed by atoms with Gasteiger partial charge in [-0.2, -0.15) is 0 Å². The van der Waals surface area contributed by atoms with E-state index in [0.29, 0.717) is 37.1 Å². The summed E-state index contributed by atoms with van der Waals surface area (Å²) in [7, 11) is 0. The van der Waals surface area contributed by atoms with Crippen LogP contribution in [0.25, 0.3) is 11.8 Å². The molecule has 1 atom stereocenters. The number of esters is 1. The van der Waals surface area contributed by atoms with Gasteiger partial charge in [-0.15, -0.1) is 0 Å². The number of thiazole rings is 1. The van der Waals surface area contributed by atoms with Crippen LogP contribution < -0.4 is 24.4 Å². The first-order valence-electron chi connectivity index (χ1n) is 12.1. The zero-order valence-corrected chi connectivity index (χ0v) is 23.7. The summed E-state index contributed by atoms with van der Waals surface area (Å²) in [4.78, 5) is 32.8. The third kappa shape index (κ3) is 4.71. The van der Waals surface area contributed by atoms with Crippen molar-refractivity contribution in [2.24, 2.45) is 4.99 Å². The second-order valence-corrected chi connectivity index (χ2v) is 11.0. The number of carbonyl (C=O) groups is 1. The van der Waals surface area contributed by atoms with Crippen LogP contribution in [0.2, 0.25) is 5.02 Å². The molecule has 39 heavy (non-hydrogen) atoms. The van der Waals surface area contributed by atoms with E-state index in [1.165, 1.54) is 11.3 Å². The third-order valence-corrected chi connectivity index (χ3v) is 8.26. The third-order valence-electron chi connectivity index (χ3n) is 6.34. The van der Waals surface area contributed by atoms with Crippen molar-refractivity contribution in [1.29, 1.82) is 0 Å². The Hall–Kier alpha value is -3.66. The molecule has 0 N–H and O–H groups in total. The second-order valence-electron chi connectivity index (χ2n) is 8.71. The van der Waals surface area contributed by atoms with Gasteiger partial charge in [-0.1, -0.05) is 81.3 Å². The summed E-state index contributed by atoms with van der Waals surface area (Å²) in [6, 6.07) is 19.4. The number of nitrogens with zero attached hydrogens (tertiary/aromatic N) is 2. The minimum Gasteiger partial charge on any atom is -0.463 e. The average molecular weight is 624 g/mol. The molecule has 10 heteroatoms. The molecule has 0 spiro atoms. The summed E-state index contributed by atoms with van der Waals surface area (Å²) in [5.74, 6) is 0.704. The standard InChI is InChI=1S/C29H20BrClN2O5S/c1-2-36-28(35)24-25(16-6-4-3-5-7-16)32-29-33(26(24)17-8-10-19(31)11-9-17)27(34)23(39-29)13-18-12-21-22(14-20(18)30)38-15-37-21/h3-14,26H,2,15H2,1H3/b23-13-/t26-/m1/s1. The number of ether oxygens (including phenoxy) is 3. The Morgan fingerprint density at radius 2 is 1.87 bits per heavy atom. The molecular formula is C29H20BrClN2O5S. The normalized spacial score (nSPS) is 16.2. The largest absolute Gasteiger partial charge is 0.463 e. The molecule has 0 fully saturated rings. The van der Waals surface area contributed by atoms with Crippen LogP contribution in [0.1, 0.15) is 29.7 Å². The van der Waals surface area contributed by atoms with Gasteiger partial charge in [0.05, 0.1) is 28.5 Å². The molecule has 0 radical (unpaired) electrons. The summed E-state index contributed by atoms with van der Waals surface area (Å²) in [5.41, 5.74) is 2.68. The highest BCUT2D eigenvalue weighted by molar-refractivity contribution is 9.10. The molecule has 4 aromatic rings. The van der Waals surface area contributed by atoms with Gasteiger partial charge in [-0.05, 0) is 48.4 Å². The van der Waals surface area contributed by atoms with Crippen molar-refractivity contribution >= 4 is 56.6 Å². The minimum atomic E-state index is -0.768. The van der Waals surface area contributed by atoms with Crippen LogP contribution in [-0.4, -0.2) is 23.9 Å². The van der Waals surface area contributed by atoms with E-state index < -0.39 is 12.0 Å². The number of benzene rings is 3. The van der Waals surface area contributed by atoms with Crippen LogP contribution in [0.4, 0.5) is 0 Å². The van der Waals surface area contributed by atoms with Crippen molar-refractivity contribution in [1.82, 2.24) is 4.57 Å². The maximum absolute atomic E-state index is 14.0. The van der Waals surface area contributed by atoms with Crippen molar-refractivity contribution in [3.63, 3.8) is 0 Å². The van der Waals surface area contributed by atoms with Gasteiger partial charge in [0.25, 0.3) is 5.56 Å². The zero-order chi connectivity index (χ0) is 27.1. The molecule has 0 bridgehead atoms. The number of rotatable bonds is 5. The van der Waals surface area contributed by atoms with Crippen molar-refractivity contribution in [2.75, 3.05) is 13.4 Å². The topological polar surface area (TPSA) is 79.1 Å². The molecule has 0 aliphatic carbocycles. The lowest BCUT2D eigenvalue weighted by Crippen LogP contribution is -2.40. The summed E-state index contributed by atoms with van der Waals surface area (Å²) < 4.78 is 19.2. The summed E-state index contributed by atoms with van der Waals surface area (Å²) in [6.45, 7) is 2.07. The molecule has 2 aliphatic heterocycles. The van der Waals surface area contributed by atoms with Crippen molar-refractivity contribution in [3.05, 3.63) is 118 Å². The van der Waals surface area contributed by atoms with Crippen LogP contribution in [0.15, 0.2) is 86.6 Å². The molecule has 3 aromatic carbocycles. The zero-order valence-electron chi connectivity index (χ0n) is 20.5. The Labute approximate surface area is 240 Å². The summed E-state index contributed by atoms with van der Waals surface area (Å²) in [6.07, 6.45) is 1.78. The van der Waals surface area contributed by atoms with Gasteiger partial charge >= 0.3 is 5.97 Å². The first-order valence-corrected chi connectivity index (χ1v) is 14.1. The molecule has 7 nitrogen and oxygen atoms in total. The molecule has 0 saturated heterocycles. The van der Waals surface area contributed by atoms with Crippen LogP contribution >= 0.6 is 38.9 Å². The smallest absolute Gasteiger partial charge is 0.338 e. The van der Waals surface area contributed by atoms with Crippen molar-refractivity contribution in [2.45, 2.75) is 13.0 Å². The summed E-state index contributed by atoms with van der Waals surface area (Å²) in [5, 5.41) is 0.545. The lowest BCUT2D eigenvalue weighted by atomic mass is 9.93. The quantitative estimate of drug-likeness (QED) is 0.290. The molecule has 0 saturated carbocycles. The number of fused-ring (bicyclic) bond motifs is 2. The first-order chi connectivity index (χ1) is 18.9. The van der Waals surface area contributed by atoms with Gasteiger partial charge in [0.1, 0.15) is 0 Å². The van der Waals surface area contributed by atoms with Crippen LogP contribution in [0, 0.1) is 0 Å². The van der Waals surface area contributed by atoms with E-state index in [4.69, 9.17) is 30.8 Å². The van der Waals surface area contributed by atoms with E-state index in [1.54, 1.807) is 29.7 Å². The van der Waals surface area contributed by atoms with E-state index >= 15 is 0 Å². The summed E-state index contributed by atoms with van der Waals surface area (Å²) >= 11 is 11.0. The van der Waals surface area contributed by atoms with Gasteiger partial charge in [-0.3, -0.25) is 9.36 Å². The minimum absolute atomic E-state index is 0.146. The Morgan fingerprint density at radius 3 is 2.59 bits per heavy atom.